The van der Waals surface area contributed by atoms with Crippen molar-refractivity contribution in [2.45, 2.75) is 105 Å². The SMILES string of the molecule is Cc1ccc(C(=O)c2sc3cc(O)ccc3c2-c2ccc(C3CC3C(=O)O)cc2)c(C)c1.Cc1ccc(C(=O)c2sc3cc(O)ccc3c2-c2ccc(C3CC3C(=O)O)cc2)c(C)c1.Cc1ccc(C(=O)c2sc3cc(O)ccc3c2-c2ccc(C3CC3C(=O)O)cc2)c(C)c1.Cc1ccc(C(=O)c2sc3cc(O)ccc3c2-c2ccc(C3CC3C(=O)O)cc2)c(C)c1. The molecular weight excluding hydrogens is 1680 g/mol. The van der Waals surface area contributed by atoms with Gasteiger partial charge >= 0.3 is 23.9 Å². The molecule has 16 nitrogen and oxygen atoms in total. The van der Waals surface area contributed by atoms with Gasteiger partial charge in [-0.1, -0.05) is 192 Å². The Balaban J connectivity index is 0.000000120. The van der Waals surface area contributed by atoms with Crippen LogP contribution in [0.1, 0.15) is 177 Å². The number of carbonyl (C=O) groups excluding carboxylic acids is 4. The maximum atomic E-state index is 13.6. The summed E-state index contributed by atoms with van der Waals surface area (Å²) in [5, 5.41) is 80.5. The van der Waals surface area contributed by atoms with Crippen LogP contribution in [0.5, 0.6) is 23.0 Å². The minimum atomic E-state index is -0.746. The highest BCUT2D eigenvalue weighted by atomic mass is 32.1. The molecular formula is C108H88O16S4. The highest BCUT2D eigenvalue weighted by Gasteiger charge is 2.47. The number of hydrogen-bond acceptors (Lipinski definition) is 16. The third-order valence-electron chi connectivity index (χ3n) is 25.0. The Bertz CT molecular complexity index is 6380. The van der Waals surface area contributed by atoms with Crippen molar-refractivity contribution in [1.82, 2.24) is 0 Å². The molecule has 20 rings (SSSR count). The molecule has 0 amide bonds. The van der Waals surface area contributed by atoms with E-state index in [1.807, 2.05) is 250 Å². The van der Waals surface area contributed by atoms with Crippen molar-refractivity contribution < 1.29 is 79.2 Å². The smallest absolute Gasteiger partial charge is 0.307 e. The molecule has 0 radical (unpaired) electrons. The van der Waals surface area contributed by atoms with E-state index < -0.39 is 23.9 Å². The minimum Gasteiger partial charge on any atom is -0.508 e. The fraction of sp³-hybridized carbons (Fsp3) is 0.185. The summed E-state index contributed by atoms with van der Waals surface area (Å²) >= 11 is 5.55. The number of carbonyl (C=O) groups is 8. The van der Waals surface area contributed by atoms with E-state index in [2.05, 4.69) is 0 Å². The van der Waals surface area contributed by atoms with Crippen LogP contribution < -0.4 is 0 Å². The summed E-state index contributed by atoms with van der Waals surface area (Å²) in [7, 11) is 0. The van der Waals surface area contributed by atoms with Crippen LogP contribution in [0, 0.1) is 79.1 Å². The van der Waals surface area contributed by atoms with Gasteiger partial charge in [-0.2, -0.15) is 0 Å². The van der Waals surface area contributed by atoms with Crippen LogP contribution in [0.4, 0.5) is 0 Å². The Hall–Kier alpha value is -13.8. The lowest BCUT2D eigenvalue weighted by molar-refractivity contribution is -0.139. The molecule has 128 heavy (non-hydrogen) atoms. The van der Waals surface area contributed by atoms with Crippen LogP contribution in [-0.2, 0) is 19.2 Å². The molecule has 20 heteroatoms. The van der Waals surface area contributed by atoms with Crippen molar-refractivity contribution in [3.05, 3.63) is 351 Å². The molecule has 4 fully saturated rings. The third-order valence-corrected chi connectivity index (χ3v) is 29.6. The maximum absolute atomic E-state index is 13.6. The van der Waals surface area contributed by atoms with Crippen molar-refractivity contribution >= 4 is 133 Å². The van der Waals surface area contributed by atoms with Gasteiger partial charge in [-0.05, 0) is 244 Å². The lowest BCUT2D eigenvalue weighted by atomic mass is 9.94. The van der Waals surface area contributed by atoms with E-state index in [1.54, 1.807) is 48.5 Å². The number of phenolic OH excluding ortho intramolecular Hbond substituents is 4. The summed E-state index contributed by atoms with van der Waals surface area (Å²) in [6, 6.07) is 75.6. The first-order valence-corrected chi connectivity index (χ1v) is 45.4. The number of carboxylic acids is 4. The second kappa shape index (κ2) is 34.9. The maximum Gasteiger partial charge on any atom is 0.307 e. The molecule has 0 saturated heterocycles. The van der Waals surface area contributed by atoms with Gasteiger partial charge in [0.2, 0.25) is 23.1 Å². The minimum absolute atomic E-state index is 0.0320. The van der Waals surface area contributed by atoms with Crippen LogP contribution >= 0.6 is 45.3 Å². The van der Waals surface area contributed by atoms with Crippen molar-refractivity contribution in [1.29, 1.82) is 0 Å². The number of fused-ring (bicyclic) bond motifs is 4. The van der Waals surface area contributed by atoms with Gasteiger partial charge in [-0.3, -0.25) is 38.4 Å². The molecule has 4 heterocycles. The Morgan fingerprint density at radius 2 is 0.430 bits per heavy atom. The van der Waals surface area contributed by atoms with Crippen molar-refractivity contribution in [3.63, 3.8) is 0 Å². The fourth-order valence-corrected chi connectivity index (χ4v) is 22.7. The number of benzene rings is 12. The molecule has 0 spiro atoms. The number of rotatable bonds is 20. The number of aromatic hydroxyl groups is 4. The number of carboxylic acid groups (broad SMARTS) is 4. The van der Waals surface area contributed by atoms with E-state index in [-0.39, 0.29) is 93.5 Å². The van der Waals surface area contributed by atoms with E-state index in [0.717, 1.165) is 152 Å². The standard InChI is InChI=1S/4C27H22O4S/c4*1-14-3-9-19(15(2)11-14)25(29)26-24(20-10-8-18(28)12-23(20)32-26)17-6-4-16(5-7-17)21-13-22(21)27(30)31/h4*3-12,21-22,28H,13H2,1-2H3,(H,30,31). The third kappa shape index (κ3) is 17.4. The number of phenols is 4. The second-order valence-electron chi connectivity index (χ2n) is 34.2. The Morgan fingerprint density at radius 3 is 0.594 bits per heavy atom. The molecule has 4 aromatic heterocycles. The van der Waals surface area contributed by atoms with Crippen LogP contribution in [0.2, 0.25) is 0 Å². The van der Waals surface area contributed by atoms with Crippen LogP contribution in [0.3, 0.4) is 0 Å². The quantitative estimate of drug-likeness (QED) is 0.0329. The average Bonchev–Trinajstić information content (AvgIpc) is 1.61. The molecule has 8 unspecified atom stereocenters. The van der Waals surface area contributed by atoms with Gasteiger partial charge < -0.3 is 40.9 Å². The summed E-state index contributed by atoms with van der Waals surface area (Å²) in [4.78, 5) is 102. The Labute approximate surface area is 753 Å². The first-order valence-electron chi connectivity index (χ1n) is 42.2. The van der Waals surface area contributed by atoms with Gasteiger partial charge in [0.1, 0.15) is 23.0 Å². The van der Waals surface area contributed by atoms with Crippen molar-refractivity contribution in [3.8, 4) is 67.5 Å². The largest absolute Gasteiger partial charge is 0.508 e. The Morgan fingerprint density at radius 1 is 0.242 bits per heavy atom. The van der Waals surface area contributed by atoms with Gasteiger partial charge in [0, 0.05) is 84.9 Å². The van der Waals surface area contributed by atoms with Gasteiger partial charge in [0.05, 0.1) is 43.2 Å². The molecule has 4 saturated carbocycles. The van der Waals surface area contributed by atoms with Gasteiger partial charge in [0.15, 0.2) is 0 Å². The van der Waals surface area contributed by atoms with Crippen LogP contribution in [-0.4, -0.2) is 87.9 Å². The zero-order chi connectivity index (χ0) is 90.3. The number of hydrogen-bond donors (Lipinski definition) is 8. The molecule has 16 aromatic rings. The fourth-order valence-electron chi connectivity index (χ4n) is 17.8. The normalized spacial score (nSPS) is 17.4. The van der Waals surface area contributed by atoms with E-state index in [1.165, 1.54) is 45.3 Å². The molecule has 8 N–H and O–H groups in total. The lowest BCUT2D eigenvalue weighted by Crippen LogP contribution is -2.03. The molecule has 4 aliphatic carbocycles. The lowest BCUT2D eigenvalue weighted by Gasteiger charge is -2.09. The number of thiophene rings is 4. The highest BCUT2D eigenvalue weighted by Crippen LogP contribution is 2.54. The summed E-state index contributed by atoms with van der Waals surface area (Å²) in [6.07, 6.45) is 2.69. The average molecular weight is 1770 g/mol. The first kappa shape index (κ1) is 86.4. The highest BCUT2D eigenvalue weighted by molar-refractivity contribution is 7.23. The number of aliphatic carboxylic acids is 4. The van der Waals surface area contributed by atoms with Crippen LogP contribution in [0.25, 0.3) is 84.9 Å². The predicted molar refractivity (Wildman–Crippen MR) is 507 cm³/mol. The van der Waals surface area contributed by atoms with Gasteiger partial charge in [-0.15, -0.1) is 45.3 Å². The number of aryl methyl sites for hydroxylation is 8. The zero-order valence-electron chi connectivity index (χ0n) is 71.0. The van der Waals surface area contributed by atoms with E-state index in [0.29, 0.717) is 67.4 Å². The monoisotopic (exact) mass is 1770 g/mol. The molecule has 0 aliphatic heterocycles. The summed E-state index contributed by atoms with van der Waals surface area (Å²) < 4.78 is 3.41. The van der Waals surface area contributed by atoms with Gasteiger partial charge in [-0.25, -0.2) is 0 Å². The summed E-state index contributed by atoms with van der Waals surface area (Å²) in [5.74, 6) is -3.39. The molecule has 12 aromatic carbocycles. The van der Waals surface area contributed by atoms with Crippen molar-refractivity contribution in [2.24, 2.45) is 23.7 Å². The predicted octanol–water partition coefficient (Wildman–Crippen LogP) is 25.2. The van der Waals surface area contributed by atoms with E-state index in [9.17, 15) is 79.2 Å². The topological polar surface area (TPSA) is 298 Å². The second-order valence-corrected chi connectivity index (χ2v) is 38.4. The first-order chi connectivity index (χ1) is 61.3. The van der Waals surface area contributed by atoms with Gasteiger partial charge in [0.25, 0.3) is 0 Å². The zero-order valence-corrected chi connectivity index (χ0v) is 74.3. The van der Waals surface area contributed by atoms with Crippen LogP contribution in [0.15, 0.2) is 243 Å². The number of ketones is 4. The Kier molecular flexibility index (Phi) is 23.5. The van der Waals surface area contributed by atoms with E-state index in [4.69, 9.17) is 0 Å². The summed E-state index contributed by atoms with van der Waals surface area (Å²) in [5.41, 5.74) is 22.0. The van der Waals surface area contributed by atoms with E-state index >= 15 is 0 Å². The molecule has 0 bridgehead atoms. The molecule has 8 atom stereocenters. The molecule has 4 aliphatic rings. The van der Waals surface area contributed by atoms with Crippen molar-refractivity contribution in [2.75, 3.05) is 0 Å². The summed E-state index contributed by atoms with van der Waals surface area (Å²) in [6.45, 7) is 15.8. The molecule has 640 valence electrons.